The summed E-state index contributed by atoms with van der Waals surface area (Å²) in [6.45, 7) is 0. The summed E-state index contributed by atoms with van der Waals surface area (Å²) in [6, 6.07) is 12.5. The van der Waals surface area contributed by atoms with Gasteiger partial charge in [-0.2, -0.15) is 0 Å². The van der Waals surface area contributed by atoms with Gasteiger partial charge >= 0.3 is 0 Å². The van der Waals surface area contributed by atoms with Crippen molar-refractivity contribution in [3.05, 3.63) is 63.3 Å². The van der Waals surface area contributed by atoms with Gasteiger partial charge in [-0.1, -0.05) is 33.6 Å². The molecule has 0 aromatic heterocycles. The Morgan fingerprint density at radius 3 is 2.55 bits per heavy atom. The summed E-state index contributed by atoms with van der Waals surface area (Å²) >= 11 is 10.7. The molecule has 5 heteroatoms. The van der Waals surface area contributed by atoms with Crippen LogP contribution in [0.5, 0.6) is 0 Å². The van der Waals surface area contributed by atoms with Gasteiger partial charge in [0.25, 0.3) is 0 Å². The van der Waals surface area contributed by atoms with Crippen molar-refractivity contribution < 1.29 is 9.50 Å². The second-order valence-corrected chi connectivity index (χ2v) is 6.79. The molecule has 20 heavy (non-hydrogen) atoms. The zero-order valence-electron chi connectivity index (χ0n) is 10.5. The molecule has 0 bridgehead atoms. The van der Waals surface area contributed by atoms with E-state index in [1.165, 1.54) is 6.07 Å². The standard InChI is InChI=1S/C15H13BrClFOS/c16-11-2-4-13(5-3-11)20-9-12(19)7-10-1-6-15(18)14(17)8-10/h1-6,8,12,19H,7,9H2. The van der Waals surface area contributed by atoms with E-state index in [1.54, 1.807) is 23.9 Å². The Morgan fingerprint density at radius 1 is 1.20 bits per heavy atom. The van der Waals surface area contributed by atoms with E-state index < -0.39 is 11.9 Å². The molecule has 0 fully saturated rings. The second-order valence-electron chi connectivity index (χ2n) is 4.37. The molecule has 0 amide bonds. The Kier molecular flexibility index (Phi) is 5.90. The molecule has 2 aromatic carbocycles. The Balaban J connectivity index is 1.87. The van der Waals surface area contributed by atoms with Crippen molar-refractivity contribution in [2.75, 3.05) is 5.75 Å². The highest BCUT2D eigenvalue weighted by Gasteiger charge is 2.08. The lowest BCUT2D eigenvalue weighted by molar-refractivity contribution is 0.200. The molecule has 106 valence electrons. The first-order valence-electron chi connectivity index (χ1n) is 6.05. The molecule has 0 heterocycles. The minimum atomic E-state index is -0.495. The summed E-state index contributed by atoms with van der Waals surface area (Å²) in [5.41, 5.74) is 0.834. The van der Waals surface area contributed by atoms with Crippen LogP contribution >= 0.6 is 39.3 Å². The molecule has 0 aliphatic rings. The lowest BCUT2D eigenvalue weighted by Crippen LogP contribution is -2.13. The average molecular weight is 376 g/mol. The lowest BCUT2D eigenvalue weighted by atomic mass is 10.1. The van der Waals surface area contributed by atoms with Crippen molar-refractivity contribution in [3.63, 3.8) is 0 Å². The Labute approximate surface area is 135 Å². The summed E-state index contributed by atoms with van der Waals surface area (Å²) in [4.78, 5) is 1.10. The van der Waals surface area contributed by atoms with Gasteiger partial charge in [0.05, 0.1) is 11.1 Å². The van der Waals surface area contributed by atoms with Gasteiger partial charge in [-0.3, -0.25) is 0 Å². The van der Waals surface area contributed by atoms with Crippen LogP contribution < -0.4 is 0 Å². The van der Waals surface area contributed by atoms with Gasteiger partial charge in [0.2, 0.25) is 0 Å². The Hall–Kier alpha value is -0.550. The minimum absolute atomic E-state index is 0.0928. The number of hydrogen-bond acceptors (Lipinski definition) is 2. The summed E-state index contributed by atoms with van der Waals surface area (Å²) in [5.74, 6) is 0.144. The van der Waals surface area contributed by atoms with E-state index in [0.29, 0.717) is 12.2 Å². The minimum Gasteiger partial charge on any atom is -0.392 e. The van der Waals surface area contributed by atoms with Crippen molar-refractivity contribution in [2.24, 2.45) is 0 Å². The molecule has 1 atom stereocenters. The highest BCUT2D eigenvalue weighted by atomic mass is 79.9. The van der Waals surface area contributed by atoms with Crippen LogP contribution in [0.3, 0.4) is 0 Å². The normalized spacial score (nSPS) is 12.4. The van der Waals surface area contributed by atoms with Crippen LogP contribution in [0.15, 0.2) is 51.8 Å². The molecule has 1 unspecified atom stereocenters. The fourth-order valence-corrected chi connectivity index (χ4v) is 3.02. The third kappa shape index (κ3) is 4.77. The predicted molar refractivity (Wildman–Crippen MR) is 86.0 cm³/mol. The van der Waals surface area contributed by atoms with Gasteiger partial charge in [-0.15, -0.1) is 11.8 Å². The third-order valence-corrected chi connectivity index (χ3v) is 4.69. The fourth-order valence-electron chi connectivity index (χ4n) is 1.72. The van der Waals surface area contributed by atoms with Crippen molar-refractivity contribution >= 4 is 39.3 Å². The largest absolute Gasteiger partial charge is 0.392 e. The van der Waals surface area contributed by atoms with Gasteiger partial charge in [-0.05, 0) is 48.4 Å². The average Bonchev–Trinajstić information content (AvgIpc) is 2.42. The van der Waals surface area contributed by atoms with Gasteiger partial charge in [0.1, 0.15) is 5.82 Å². The van der Waals surface area contributed by atoms with E-state index in [9.17, 15) is 9.50 Å². The number of rotatable bonds is 5. The van der Waals surface area contributed by atoms with Crippen LogP contribution in [0.2, 0.25) is 5.02 Å². The lowest BCUT2D eigenvalue weighted by Gasteiger charge is -2.11. The summed E-state index contributed by atoms with van der Waals surface area (Å²) in [6.07, 6.45) is -0.0334. The third-order valence-electron chi connectivity index (χ3n) is 2.71. The maximum absolute atomic E-state index is 13.0. The van der Waals surface area contributed by atoms with Gasteiger partial charge in [-0.25, -0.2) is 4.39 Å². The van der Waals surface area contributed by atoms with Crippen LogP contribution in [0.1, 0.15) is 5.56 Å². The van der Waals surface area contributed by atoms with Gasteiger partial charge in [0.15, 0.2) is 0 Å². The number of hydrogen-bond donors (Lipinski definition) is 1. The van der Waals surface area contributed by atoms with E-state index in [1.807, 2.05) is 24.3 Å². The number of benzene rings is 2. The van der Waals surface area contributed by atoms with E-state index in [4.69, 9.17) is 11.6 Å². The zero-order valence-corrected chi connectivity index (χ0v) is 13.7. The quantitative estimate of drug-likeness (QED) is 0.747. The fraction of sp³-hybridized carbons (Fsp3) is 0.200. The van der Waals surface area contributed by atoms with Crippen molar-refractivity contribution in [1.82, 2.24) is 0 Å². The van der Waals surface area contributed by atoms with Crippen LogP contribution in [-0.2, 0) is 6.42 Å². The van der Waals surface area contributed by atoms with E-state index in [2.05, 4.69) is 15.9 Å². The predicted octanol–water partition coefficient (Wildman–Crippen LogP) is 4.94. The summed E-state index contributed by atoms with van der Waals surface area (Å²) in [5, 5.41) is 10.1. The van der Waals surface area contributed by atoms with Crippen LogP contribution in [0.4, 0.5) is 4.39 Å². The topological polar surface area (TPSA) is 20.2 Å². The smallest absolute Gasteiger partial charge is 0.141 e. The van der Waals surface area contributed by atoms with Crippen molar-refractivity contribution in [2.45, 2.75) is 17.4 Å². The molecule has 0 radical (unpaired) electrons. The Bertz CT molecular complexity index is 577. The monoisotopic (exact) mass is 374 g/mol. The molecule has 1 nitrogen and oxygen atoms in total. The zero-order chi connectivity index (χ0) is 14.5. The van der Waals surface area contributed by atoms with Crippen molar-refractivity contribution in [1.29, 1.82) is 0 Å². The van der Waals surface area contributed by atoms with Crippen molar-refractivity contribution in [3.8, 4) is 0 Å². The Morgan fingerprint density at radius 2 is 1.90 bits per heavy atom. The first-order chi connectivity index (χ1) is 9.54. The van der Waals surface area contributed by atoms with Crippen LogP contribution in [0, 0.1) is 5.82 Å². The maximum atomic E-state index is 13.0. The molecule has 1 N–H and O–H groups in total. The van der Waals surface area contributed by atoms with E-state index >= 15 is 0 Å². The molecule has 0 spiro atoms. The highest BCUT2D eigenvalue weighted by molar-refractivity contribution is 9.10. The molecular weight excluding hydrogens is 363 g/mol. The van der Waals surface area contributed by atoms with E-state index in [0.717, 1.165) is 14.9 Å². The summed E-state index contributed by atoms with van der Waals surface area (Å²) < 4.78 is 14.1. The molecule has 0 saturated carbocycles. The number of aliphatic hydroxyl groups is 1. The van der Waals surface area contributed by atoms with Crippen LogP contribution in [-0.4, -0.2) is 17.0 Å². The maximum Gasteiger partial charge on any atom is 0.141 e. The first kappa shape index (κ1) is 15.8. The first-order valence-corrected chi connectivity index (χ1v) is 8.20. The van der Waals surface area contributed by atoms with Crippen LogP contribution in [0.25, 0.3) is 0 Å². The second kappa shape index (κ2) is 7.46. The molecule has 0 aliphatic carbocycles. The molecular formula is C15H13BrClFOS. The number of halogens is 3. The number of thioether (sulfide) groups is 1. The number of aliphatic hydroxyl groups excluding tert-OH is 1. The van der Waals surface area contributed by atoms with Gasteiger partial charge in [0, 0.05) is 15.1 Å². The van der Waals surface area contributed by atoms with E-state index in [-0.39, 0.29) is 5.02 Å². The highest BCUT2D eigenvalue weighted by Crippen LogP contribution is 2.23. The van der Waals surface area contributed by atoms with Gasteiger partial charge < -0.3 is 5.11 Å². The molecule has 2 aromatic rings. The molecule has 0 aliphatic heterocycles. The molecule has 2 rings (SSSR count). The summed E-state index contributed by atoms with van der Waals surface area (Å²) in [7, 11) is 0. The SMILES string of the molecule is OC(CSc1ccc(Br)cc1)Cc1ccc(F)c(Cl)c1. The molecule has 0 saturated heterocycles.